The molecule has 0 unspecified atom stereocenters. The monoisotopic (exact) mass is 436 g/mol. The molecule has 2 amide bonds. The molecule has 162 valence electrons. The molecule has 6 heteroatoms. The molecule has 2 aromatic heterocycles. The Hall–Kier alpha value is -2.86. The van der Waals surface area contributed by atoms with Crippen molar-refractivity contribution in [1.82, 2.24) is 0 Å². The summed E-state index contributed by atoms with van der Waals surface area (Å²) in [4.78, 5) is 27.2. The first-order valence-corrected chi connectivity index (χ1v) is 11.4. The molecule has 1 aliphatic carbocycles. The topological polar surface area (TPSA) is 71.3 Å². The van der Waals surface area contributed by atoms with E-state index in [1.807, 2.05) is 31.2 Å². The number of furan rings is 1. The van der Waals surface area contributed by atoms with Gasteiger partial charge in [0.05, 0.1) is 11.8 Å². The van der Waals surface area contributed by atoms with Crippen LogP contribution in [-0.2, 0) is 12.8 Å². The molecule has 0 saturated carbocycles. The van der Waals surface area contributed by atoms with Gasteiger partial charge in [-0.1, -0.05) is 38.5 Å². The third-order valence-electron chi connectivity index (χ3n) is 6.00. The van der Waals surface area contributed by atoms with E-state index >= 15 is 0 Å². The number of aryl methyl sites for hydroxylation is 1. The summed E-state index contributed by atoms with van der Waals surface area (Å²) >= 11 is 1.51. The van der Waals surface area contributed by atoms with E-state index in [1.54, 1.807) is 12.1 Å². The zero-order valence-corrected chi connectivity index (χ0v) is 19.2. The van der Waals surface area contributed by atoms with Crippen molar-refractivity contribution in [3.63, 3.8) is 0 Å². The molecule has 0 bridgehead atoms. The molecule has 1 aliphatic rings. The molecule has 2 N–H and O–H groups in total. The lowest BCUT2D eigenvalue weighted by Crippen LogP contribution is -2.27. The van der Waals surface area contributed by atoms with Crippen molar-refractivity contribution in [3.8, 4) is 0 Å². The molecule has 0 fully saturated rings. The van der Waals surface area contributed by atoms with E-state index in [2.05, 4.69) is 31.4 Å². The number of thiophene rings is 1. The number of hydrogen-bond acceptors (Lipinski definition) is 4. The summed E-state index contributed by atoms with van der Waals surface area (Å²) in [6.07, 6.45) is 4.25. The van der Waals surface area contributed by atoms with Crippen LogP contribution in [0.15, 0.2) is 47.1 Å². The highest BCUT2D eigenvalue weighted by Gasteiger charge is 2.34. The summed E-state index contributed by atoms with van der Waals surface area (Å²) in [6.45, 7) is 8.80. The first-order valence-electron chi connectivity index (χ1n) is 10.6. The molecule has 31 heavy (non-hydrogen) atoms. The summed E-state index contributed by atoms with van der Waals surface area (Å²) in [6, 6.07) is 11.0. The van der Waals surface area contributed by atoms with Gasteiger partial charge in [0.2, 0.25) is 0 Å². The zero-order chi connectivity index (χ0) is 22.2. The van der Waals surface area contributed by atoms with E-state index < -0.39 is 0 Å². The Morgan fingerprint density at radius 1 is 1.06 bits per heavy atom. The summed E-state index contributed by atoms with van der Waals surface area (Å²) in [5.74, 6) is 0.231. The van der Waals surface area contributed by atoms with Crippen LogP contribution < -0.4 is 10.6 Å². The minimum Gasteiger partial charge on any atom is -0.459 e. The quantitative estimate of drug-likeness (QED) is 0.504. The van der Waals surface area contributed by atoms with Gasteiger partial charge in [-0.2, -0.15) is 0 Å². The van der Waals surface area contributed by atoms with E-state index in [1.165, 1.54) is 22.5 Å². The minimum absolute atomic E-state index is 0.190. The van der Waals surface area contributed by atoms with E-state index in [0.29, 0.717) is 16.5 Å². The third-order valence-corrected chi connectivity index (χ3v) is 7.17. The number of nitrogens with one attached hydrogen (secondary N) is 2. The first-order chi connectivity index (χ1) is 14.7. The fourth-order valence-corrected chi connectivity index (χ4v) is 5.38. The van der Waals surface area contributed by atoms with Crippen LogP contribution in [0.3, 0.4) is 0 Å². The van der Waals surface area contributed by atoms with E-state index in [-0.39, 0.29) is 23.0 Å². The van der Waals surface area contributed by atoms with Crippen LogP contribution >= 0.6 is 11.3 Å². The molecular formula is C25H28N2O3S. The lowest BCUT2D eigenvalue weighted by Gasteiger charge is -2.33. The molecule has 1 aromatic carbocycles. The predicted octanol–water partition coefficient (Wildman–Crippen LogP) is 6.31. The smallest absolute Gasteiger partial charge is 0.291 e. The molecule has 1 atom stereocenters. The van der Waals surface area contributed by atoms with Gasteiger partial charge in [0.25, 0.3) is 11.8 Å². The molecule has 4 rings (SSSR count). The molecule has 3 aromatic rings. The molecule has 0 radical (unpaired) electrons. The van der Waals surface area contributed by atoms with Crippen LogP contribution in [0.5, 0.6) is 0 Å². The highest BCUT2D eigenvalue weighted by Crippen LogP contribution is 2.44. The number of carbonyl (C=O) groups is 2. The van der Waals surface area contributed by atoms with Crippen molar-refractivity contribution in [2.75, 3.05) is 10.6 Å². The van der Waals surface area contributed by atoms with Crippen LogP contribution in [0.4, 0.5) is 10.7 Å². The standard InChI is InChI=1S/C25H28N2O3S/c1-15-7-10-17(11-8-15)26-23(29)21-18-12-9-16(25(2,3)4)14-20(18)31-24(21)27-22(28)19-6-5-13-30-19/h5-8,10-11,13,16H,9,12,14H2,1-4H3,(H,26,29)(H,27,28)/t16-/m0/s1. The van der Waals surface area contributed by atoms with Crippen LogP contribution in [0.2, 0.25) is 0 Å². The normalized spacial score (nSPS) is 15.9. The second-order valence-electron chi connectivity index (χ2n) is 9.27. The van der Waals surface area contributed by atoms with Crippen LogP contribution in [-0.4, -0.2) is 11.8 Å². The molecule has 0 spiro atoms. The van der Waals surface area contributed by atoms with E-state index in [0.717, 1.165) is 36.1 Å². The largest absolute Gasteiger partial charge is 0.459 e. The molecular weight excluding hydrogens is 408 g/mol. The summed E-state index contributed by atoms with van der Waals surface area (Å²) in [5.41, 5.74) is 3.70. The SMILES string of the molecule is Cc1ccc(NC(=O)c2c(NC(=O)c3ccco3)sc3c2CC[C@H](C(C)(C)C)C3)cc1. The average molecular weight is 437 g/mol. The van der Waals surface area contributed by atoms with Crippen molar-refractivity contribution in [3.05, 3.63) is 70.0 Å². The number of rotatable bonds is 4. The van der Waals surface area contributed by atoms with E-state index in [9.17, 15) is 9.59 Å². The maximum atomic E-state index is 13.3. The highest BCUT2D eigenvalue weighted by atomic mass is 32.1. The van der Waals surface area contributed by atoms with Crippen molar-refractivity contribution >= 4 is 33.8 Å². The Kier molecular flexibility index (Phi) is 5.75. The Morgan fingerprint density at radius 2 is 1.81 bits per heavy atom. The maximum absolute atomic E-state index is 13.3. The second kappa shape index (κ2) is 8.35. The zero-order valence-electron chi connectivity index (χ0n) is 18.4. The van der Waals surface area contributed by atoms with Gasteiger partial charge < -0.3 is 15.1 Å². The van der Waals surface area contributed by atoms with Gasteiger partial charge in [-0.25, -0.2) is 0 Å². The fraction of sp³-hybridized carbons (Fsp3) is 0.360. The molecule has 0 aliphatic heterocycles. The number of amides is 2. The van der Waals surface area contributed by atoms with Crippen LogP contribution in [0.25, 0.3) is 0 Å². The lowest BCUT2D eigenvalue weighted by molar-refractivity contribution is 0.0997. The summed E-state index contributed by atoms with van der Waals surface area (Å²) in [5, 5.41) is 6.52. The number of fused-ring (bicyclic) bond motifs is 1. The minimum atomic E-state index is -0.347. The van der Waals surface area contributed by atoms with Gasteiger partial charge in [0.15, 0.2) is 5.76 Å². The van der Waals surface area contributed by atoms with E-state index in [4.69, 9.17) is 4.42 Å². The predicted molar refractivity (Wildman–Crippen MR) is 125 cm³/mol. The van der Waals surface area contributed by atoms with Crippen molar-refractivity contribution in [2.45, 2.75) is 47.0 Å². The summed E-state index contributed by atoms with van der Waals surface area (Å²) < 4.78 is 5.23. The van der Waals surface area contributed by atoms with Gasteiger partial charge in [0, 0.05) is 10.6 Å². The maximum Gasteiger partial charge on any atom is 0.291 e. The average Bonchev–Trinajstić information content (AvgIpc) is 3.36. The van der Waals surface area contributed by atoms with Gasteiger partial charge in [-0.15, -0.1) is 11.3 Å². The number of carbonyl (C=O) groups excluding carboxylic acids is 2. The molecule has 5 nitrogen and oxygen atoms in total. The summed E-state index contributed by atoms with van der Waals surface area (Å²) in [7, 11) is 0. The van der Waals surface area contributed by atoms with Crippen molar-refractivity contribution < 1.29 is 14.0 Å². The van der Waals surface area contributed by atoms with Gasteiger partial charge in [0.1, 0.15) is 5.00 Å². The van der Waals surface area contributed by atoms with Gasteiger partial charge in [-0.3, -0.25) is 9.59 Å². The highest BCUT2D eigenvalue weighted by molar-refractivity contribution is 7.17. The Morgan fingerprint density at radius 3 is 2.45 bits per heavy atom. The van der Waals surface area contributed by atoms with Crippen LogP contribution in [0.1, 0.15) is 64.1 Å². The van der Waals surface area contributed by atoms with Gasteiger partial charge in [-0.05, 0) is 67.3 Å². The first kappa shape index (κ1) is 21.4. The third kappa shape index (κ3) is 4.59. The fourth-order valence-electron chi connectivity index (χ4n) is 4.06. The Balaban J connectivity index is 1.67. The Bertz CT molecular complexity index is 1090. The number of benzene rings is 1. The van der Waals surface area contributed by atoms with Crippen molar-refractivity contribution in [1.29, 1.82) is 0 Å². The van der Waals surface area contributed by atoms with Gasteiger partial charge >= 0.3 is 0 Å². The lowest BCUT2D eigenvalue weighted by atomic mass is 9.72. The van der Waals surface area contributed by atoms with Crippen molar-refractivity contribution in [2.24, 2.45) is 11.3 Å². The van der Waals surface area contributed by atoms with Crippen LogP contribution in [0, 0.1) is 18.3 Å². The number of hydrogen-bond donors (Lipinski definition) is 2. The molecule has 0 saturated heterocycles. The Labute approximate surface area is 186 Å². The second-order valence-corrected chi connectivity index (χ2v) is 10.4. The molecule has 2 heterocycles. The number of anilines is 2.